The van der Waals surface area contributed by atoms with E-state index in [0.29, 0.717) is 19.2 Å². The second-order valence-electron chi connectivity index (χ2n) is 6.10. The van der Waals surface area contributed by atoms with E-state index in [-0.39, 0.29) is 6.03 Å². The summed E-state index contributed by atoms with van der Waals surface area (Å²) in [5.41, 5.74) is 0.893. The van der Waals surface area contributed by atoms with E-state index in [1.807, 2.05) is 17.3 Å². The Morgan fingerprint density at radius 2 is 2.36 bits per heavy atom. The van der Waals surface area contributed by atoms with Crippen molar-refractivity contribution in [2.24, 2.45) is 0 Å². The number of nitrogens with zero attached hydrogens (tertiary/aromatic N) is 3. The summed E-state index contributed by atoms with van der Waals surface area (Å²) >= 11 is 1.56. The Bertz CT molecular complexity index is 517. The number of carbonyl (C=O) groups is 1. The Kier molecular flexibility index (Phi) is 4.95. The third-order valence-corrected chi connectivity index (χ3v) is 5.29. The summed E-state index contributed by atoms with van der Waals surface area (Å²) in [4.78, 5) is 21.1. The Morgan fingerprint density at radius 3 is 3.09 bits per heavy atom. The first-order valence-electron chi connectivity index (χ1n) is 7.84. The van der Waals surface area contributed by atoms with Crippen LogP contribution in [0.5, 0.6) is 0 Å². The summed E-state index contributed by atoms with van der Waals surface area (Å²) < 4.78 is 5.05. The van der Waals surface area contributed by atoms with E-state index in [0.717, 1.165) is 36.3 Å². The summed E-state index contributed by atoms with van der Waals surface area (Å²) in [6.45, 7) is 3.14. The number of aromatic nitrogens is 1. The molecular formula is C15H24N4O2S. The lowest BCUT2D eigenvalue weighted by Crippen LogP contribution is -2.44. The highest BCUT2D eigenvalue weighted by Crippen LogP contribution is 2.30. The van der Waals surface area contributed by atoms with E-state index in [2.05, 4.69) is 15.2 Å². The Hall–Kier alpha value is -1.18. The van der Waals surface area contributed by atoms with Gasteiger partial charge in [0.2, 0.25) is 0 Å². The quantitative estimate of drug-likeness (QED) is 0.865. The first-order chi connectivity index (χ1) is 10.7. The molecule has 1 aromatic rings. The summed E-state index contributed by atoms with van der Waals surface area (Å²) in [5, 5.41) is 5.87. The number of likely N-dealkylation sites (tertiary alicyclic amines) is 1. The van der Waals surface area contributed by atoms with Crippen molar-refractivity contribution >= 4 is 17.4 Å². The van der Waals surface area contributed by atoms with Crippen LogP contribution < -0.4 is 5.32 Å². The molecule has 3 rings (SSSR count). The second-order valence-corrected chi connectivity index (χ2v) is 7.05. The third-order valence-electron chi connectivity index (χ3n) is 4.41. The first kappa shape index (κ1) is 15.7. The van der Waals surface area contributed by atoms with Crippen molar-refractivity contribution < 1.29 is 9.53 Å². The molecular weight excluding hydrogens is 300 g/mol. The minimum atomic E-state index is -0.0102. The molecule has 122 valence electrons. The molecule has 1 saturated carbocycles. The topological polar surface area (TPSA) is 57.7 Å². The van der Waals surface area contributed by atoms with Gasteiger partial charge < -0.3 is 15.0 Å². The maximum Gasteiger partial charge on any atom is 0.317 e. The molecule has 1 atom stereocenters. The standard InChI is InChI=1S/C15H24N4O2S/c1-18(13-5-6-19(8-13)12-3-4-12)15(20)16-7-11-10-22-14(17-11)9-21-2/h10,12-13H,3-9H2,1-2H3,(H,16,20). The van der Waals surface area contributed by atoms with Gasteiger partial charge in [-0.05, 0) is 19.3 Å². The number of urea groups is 1. The zero-order valence-electron chi connectivity index (χ0n) is 13.2. The van der Waals surface area contributed by atoms with Crippen LogP contribution in [0.4, 0.5) is 4.79 Å². The average molecular weight is 324 g/mol. The maximum absolute atomic E-state index is 12.3. The van der Waals surface area contributed by atoms with Crippen LogP contribution in [0.3, 0.4) is 0 Å². The van der Waals surface area contributed by atoms with Gasteiger partial charge in [-0.15, -0.1) is 11.3 Å². The number of carbonyl (C=O) groups excluding carboxylic acids is 1. The molecule has 1 N–H and O–H groups in total. The zero-order valence-corrected chi connectivity index (χ0v) is 14.1. The number of thiazole rings is 1. The van der Waals surface area contributed by atoms with Crippen LogP contribution in [0, 0.1) is 0 Å². The minimum Gasteiger partial charge on any atom is -0.378 e. The van der Waals surface area contributed by atoms with E-state index in [4.69, 9.17) is 4.74 Å². The minimum absolute atomic E-state index is 0.0102. The van der Waals surface area contributed by atoms with Crippen LogP contribution in [-0.4, -0.2) is 60.1 Å². The van der Waals surface area contributed by atoms with E-state index < -0.39 is 0 Å². The van der Waals surface area contributed by atoms with Crippen molar-refractivity contribution in [2.45, 2.75) is 44.5 Å². The van der Waals surface area contributed by atoms with Gasteiger partial charge in [-0.2, -0.15) is 0 Å². The monoisotopic (exact) mass is 324 g/mol. The predicted molar refractivity (Wildman–Crippen MR) is 85.8 cm³/mol. The molecule has 2 heterocycles. The highest BCUT2D eigenvalue weighted by Gasteiger charge is 2.36. The van der Waals surface area contributed by atoms with Gasteiger partial charge in [0.15, 0.2) is 0 Å². The molecule has 0 radical (unpaired) electrons. The molecule has 0 aromatic carbocycles. The van der Waals surface area contributed by atoms with Crippen molar-refractivity contribution in [3.8, 4) is 0 Å². The van der Waals surface area contributed by atoms with Gasteiger partial charge >= 0.3 is 6.03 Å². The average Bonchev–Trinajstić information content (AvgIpc) is 3.08. The number of rotatable bonds is 6. The number of methoxy groups -OCH3 is 1. The number of amides is 2. The third kappa shape index (κ3) is 3.77. The van der Waals surface area contributed by atoms with Gasteiger partial charge in [0, 0.05) is 44.7 Å². The zero-order chi connectivity index (χ0) is 15.5. The lowest BCUT2D eigenvalue weighted by molar-refractivity contribution is 0.184. The van der Waals surface area contributed by atoms with Crippen molar-refractivity contribution in [1.82, 2.24) is 20.1 Å². The lowest BCUT2D eigenvalue weighted by Gasteiger charge is -2.25. The summed E-state index contributed by atoms with van der Waals surface area (Å²) in [6, 6.07) is 1.11. The Morgan fingerprint density at radius 1 is 1.55 bits per heavy atom. The largest absolute Gasteiger partial charge is 0.378 e. The Labute approximate surface area is 135 Å². The predicted octanol–water partition coefficient (Wildman–Crippen LogP) is 1.67. The number of hydrogen-bond donors (Lipinski definition) is 1. The maximum atomic E-state index is 12.3. The van der Waals surface area contributed by atoms with Crippen molar-refractivity contribution in [3.63, 3.8) is 0 Å². The molecule has 2 amide bonds. The highest BCUT2D eigenvalue weighted by molar-refractivity contribution is 7.09. The SMILES string of the molecule is COCc1nc(CNC(=O)N(C)C2CCN(C3CC3)C2)cs1. The fourth-order valence-corrected chi connectivity index (χ4v) is 3.70. The molecule has 1 aromatic heterocycles. The fraction of sp³-hybridized carbons (Fsp3) is 0.733. The van der Waals surface area contributed by atoms with Crippen LogP contribution in [0.25, 0.3) is 0 Å². The van der Waals surface area contributed by atoms with Gasteiger partial charge in [0.25, 0.3) is 0 Å². The van der Waals surface area contributed by atoms with Gasteiger partial charge in [-0.3, -0.25) is 4.90 Å². The lowest BCUT2D eigenvalue weighted by atomic mass is 10.2. The van der Waals surface area contributed by atoms with Crippen LogP contribution in [0.15, 0.2) is 5.38 Å². The van der Waals surface area contributed by atoms with E-state index in [9.17, 15) is 4.79 Å². The number of hydrogen-bond acceptors (Lipinski definition) is 5. The molecule has 1 aliphatic heterocycles. The highest BCUT2D eigenvalue weighted by atomic mass is 32.1. The van der Waals surface area contributed by atoms with E-state index >= 15 is 0 Å². The molecule has 2 fully saturated rings. The van der Waals surface area contributed by atoms with Gasteiger partial charge in [-0.1, -0.05) is 0 Å². The molecule has 1 aliphatic carbocycles. The number of ether oxygens (including phenoxy) is 1. The molecule has 2 aliphatic rings. The molecule has 7 heteroatoms. The van der Waals surface area contributed by atoms with Crippen molar-refractivity contribution in [2.75, 3.05) is 27.2 Å². The van der Waals surface area contributed by atoms with Gasteiger partial charge in [-0.25, -0.2) is 9.78 Å². The molecule has 1 saturated heterocycles. The number of likely N-dealkylation sites (N-methyl/N-ethyl adjacent to an activating group) is 1. The first-order valence-corrected chi connectivity index (χ1v) is 8.72. The number of nitrogens with one attached hydrogen (secondary N) is 1. The molecule has 0 bridgehead atoms. The summed E-state index contributed by atoms with van der Waals surface area (Å²) in [6.07, 6.45) is 3.74. The summed E-state index contributed by atoms with van der Waals surface area (Å²) in [7, 11) is 3.55. The normalized spacial score (nSPS) is 22.0. The smallest absolute Gasteiger partial charge is 0.317 e. The van der Waals surface area contributed by atoms with E-state index in [1.165, 1.54) is 12.8 Å². The Balaban J connectivity index is 1.44. The molecule has 1 unspecified atom stereocenters. The molecule has 22 heavy (non-hydrogen) atoms. The van der Waals surface area contributed by atoms with Crippen LogP contribution in [0.1, 0.15) is 30.0 Å². The van der Waals surface area contributed by atoms with Crippen molar-refractivity contribution in [3.05, 3.63) is 16.1 Å². The molecule has 0 spiro atoms. The van der Waals surface area contributed by atoms with Gasteiger partial charge in [0.1, 0.15) is 5.01 Å². The van der Waals surface area contributed by atoms with Gasteiger partial charge in [0.05, 0.1) is 18.8 Å². The summed E-state index contributed by atoms with van der Waals surface area (Å²) in [5.74, 6) is 0. The van der Waals surface area contributed by atoms with Crippen LogP contribution in [0.2, 0.25) is 0 Å². The second kappa shape index (κ2) is 6.93. The van der Waals surface area contributed by atoms with E-state index in [1.54, 1.807) is 18.4 Å². The van der Waals surface area contributed by atoms with Crippen LogP contribution >= 0.6 is 11.3 Å². The van der Waals surface area contributed by atoms with Crippen molar-refractivity contribution in [1.29, 1.82) is 0 Å². The van der Waals surface area contributed by atoms with Crippen LogP contribution in [-0.2, 0) is 17.9 Å². The fourth-order valence-electron chi connectivity index (χ4n) is 2.93. The molecule has 6 nitrogen and oxygen atoms in total.